The molecule has 0 radical (unpaired) electrons. The number of hydrogen-bond donors (Lipinski definition) is 1. The van der Waals surface area contributed by atoms with Gasteiger partial charge in [0, 0.05) is 18.7 Å². The molecule has 0 fully saturated rings. The SMILES string of the molecule is COC(=O)c1cccc2c1CN(C(C)(C)C#Cc1ccc(O)c(OC)c1)C2. The van der Waals surface area contributed by atoms with Gasteiger partial charge < -0.3 is 14.6 Å². The van der Waals surface area contributed by atoms with Crippen LogP contribution < -0.4 is 4.74 Å². The lowest BCUT2D eigenvalue weighted by molar-refractivity contribution is 0.0598. The molecule has 5 nitrogen and oxygen atoms in total. The number of benzene rings is 2. The fourth-order valence-electron chi connectivity index (χ4n) is 3.18. The van der Waals surface area contributed by atoms with Crippen molar-refractivity contribution in [2.75, 3.05) is 14.2 Å². The lowest BCUT2D eigenvalue weighted by Gasteiger charge is -2.30. The third-order valence-corrected chi connectivity index (χ3v) is 4.87. The normalized spacial score (nSPS) is 13.5. The van der Waals surface area contributed by atoms with Crippen LogP contribution in [0.15, 0.2) is 36.4 Å². The van der Waals surface area contributed by atoms with Crippen molar-refractivity contribution in [1.82, 2.24) is 4.90 Å². The van der Waals surface area contributed by atoms with E-state index < -0.39 is 5.54 Å². The Morgan fingerprint density at radius 2 is 1.96 bits per heavy atom. The summed E-state index contributed by atoms with van der Waals surface area (Å²) in [6.07, 6.45) is 0. The number of nitrogens with zero attached hydrogens (tertiary/aromatic N) is 1. The van der Waals surface area contributed by atoms with Crippen LogP contribution in [0.1, 0.15) is 40.9 Å². The molecule has 0 saturated heterocycles. The Labute approximate surface area is 159 Å². The Morgan fingerprint density at radius 3 is 2.67 bits per heavy atom. The highest BCUT2D eigenvalue weighted by atomic mass is 16.5. The quantitative estimate of drug-likeness (QED) is 0.668. The predicted molar refractivity (Wildman–Crippen MR) is 103 cm³/mol. The molecule has 1 aliphatic rings. The van der Waals surface area contributed by atoms with E-state index in [2.05, 4.69) is 30.6 Å². The molecule has 2 aromatic carbocycles. The summed E-state index contributed by atoms with van der Waals surface area (Å²) in [6, 6.07) is 10.8. The van der Waals surface area contributed by atoms with Gasteiger partial charge in [0.1, 0.15) is 0 Å². The monoisotopic (exact) mass is 365 g/mol. The van der Waals surface area contributed by atoms with E-state index in [9.17, 15) is 9.90 Å². The second-order valence-electron chi connectivity index (χ2n) is 6.99. The topological polar surface area (TPSA) is 59.0 Å². The molecule has 0 unspecified atom stereocenters. The number of hydrogen-bond acceptors (Lipinski definition) is 5. The van der Waals surface area contributed by atoms with Crippen molar-refractivity contribution in [3.8, 4) is 23.3 Å². The largest absolute Gasteiger partial charge is 0.504 e. The number of aromatic hydroxyl groups is 1. The first-order valence-corrected chi connectivity index (χ1v) is 8.70. The number of carbonyl (C=O) groups excluding carboxylic acids is 1. The second kappa shape index (κ2) is 7.34. The molecule has 3 rings (SSSR count). The van der Waals surface area contributed by atoms with Gasteiger partial charge in [-0.2, -0.15) is 0 Å². The predicted octanol–water partition coefficient (Wildman–Crippen LogP) is 3.33. The summed E-state index contributed by atoms with van der Waals surface area (Å²) in [5.41, 5.74) is 3.11. The minimum atomic E-state index is -0.405. The summed E-state index contributed by atoms with van der Waals surface area (Å²) in [5, 5.41) is 9.71. The van der Waals surface area contributed by atoms with E-state index in [4.69, 9.17) is 9.47 Å². The highest BCUT2D eigenvalue weighted by Gasteiger charge is 2.32. The fourth-order valence-corrected chi connectivity index (χ4v) is 3.18. The fraction of sp³-hybridized carbons (Fsp3) is 0.318. The summed E-state index contributed by atoms with van der Waals surface area (Å²) < 4.78 is 10.0. The van der Waals surface area contributed by atoms with Crippen LogP contribution in [0, 0.1) is 11.8 Å². The molecule has 0 bridgehead atoms. The average molecular weight is 365 g/mol. The molecule has 5 heteroatoms. The van der Waals surface area contributed by atoms with E-state index in [1.807, 2.05) is 12.1 Å². The van der Waals surface area contributed by atoms with Crippen molar-refractivity contribution in [3.05, 3.63) is 58.7 Å². The molecule has 0 saturated carbocycles. The van der Waals surface area contributed by atoms with Gasteiger partial charge in [-0.1, -0.05) is 24.0 Å². The Bertz CT molecular complexity index is 937. The Balaban J connectivity index is 1.84. The molecule has 2 aromatic rings. The maximum absolute atomic E-state index is 12.0. The zero-order valence-corrected chi connectivity index (χ0v) is 16.0. The summed E-state index contributed by atoms with van der Waals surface area (Å²) >= 11 is 0. The van der Waals surface area contributed by atoms with Crippen LogP contribution in [0.3, 0.4) is 0 Å². The summed E-state index contributed by atoms with van der Waals surface area (Å²) in [5.74, 6) is 6.65. The minimum absolute atomic E-state index is 0.0904. The van der Waals surface area contributed by atoms with Gasteiger partial charge in [0.25, 0.3) is 0 Å². The van der Waals surface area contributed by atoms with Crippen LogP contribution in [0.4, 0.5) is 0 Å². The van der Waals surface area contributed by atoms with Crippen LogP contribution in [0.25, 0.3) is 0 Å². The molecule has 0 atom stereocenters. The first-order chi connectivity index (χ1) is 12.9. The molecule has 0 amide bonds. The number of methoxy groups -OCH3 is 2. The Hall–Kier alpha value is -2.97. The zero-order chi connectivity index (χ0) is 19.6. The van der Waals surface area contributed by atoms with Crippen molar-refractivity contribution in [2.45, 2.75) is 32.5 Å². The van der Waals surface area contributed by atoms with Gasteiger partial charge in [0.05, 0.1) is 25.3 Å². The van der Waals surface area contributed by atoms with Crippen LogP contribution in [-0.2, 0) is 17.8 Å². The van der Waals surface area contributed by atoms with Gasteiger partial charge in [-0.3, -0.25) is 4.90 Å². The Morgan fingerprint density at radius 1 is 1.19 bits per heavy atom. The molecule has 0 aliphatic carbocycles. The maximum atomic E-state index is 12.0. The summed E-state index contributed by atoms with van der Waals surface area (Å²) in [7, 11) is 2.91. The Kier molecular flexibility index (Phi) is 5.11. The van der Waals surface area contributed by atoms with E-state index in [1.165, 1.54) is 14.2 Å². The molecule has 0 aromatic heterocycles. The third-order valence-electron chi connectivity index (χ3n) is 4.87. The van der Waals surface area contributed by atoms with Crippen LogP contribution >= 0.6 is 0 Å². The number of ether oxygens (including phenoxy) is 2. The summed E-state index contributed by atoms with van der Waals surface area (Å²) in [4.78, 5) is 14.3. The van der Waals surface area contributed by atoms with Gasteiger partial charge in [-0.05, 0) is 49.2 Å². The van der Waals surface area contributed by atoms with Gasteiger partial charge in [-0.15, -0.1) is 0 Å². The van der Waals surface area contributed by atoms with Crippen LogP contribution in [0.5, 0.6) is 11.5 Å². The van der Waals surface area contributed by atoms with Crippen molar-refractivity contribution in [2.24, 2.45) is 0 Å². The second-order valence-corrected chi connectivity index (χ2v) is 6.99. The minimum Gasteiger partial charge on any atom is -0.504 e. The van der Waals surface area contributed by atoms with Gasteiger partial charge >= 0.3 is 5.97 Å². The van der Waals surface area contributed by atoms with E-state index in [1.54, 1.807) is 24.3 Å². The molecule has 1 N–H and O–H groups in total. The molecule has 1 aliphatic heterocycles. The van der Waals surface area contributed by atoms with Crippen LogP contribution in [0.2, 0.25) is 0 Å². The molecule has 0 spiro atoms. The van der Waals surface area contributed by atoms with Crippen molar-refractivity contribution < 1.29 is 19.4 Å². The van der Waals surface area contributed by atoms with Crippen molar-refractivity contribution >= 4 is 5.97 Å². The van der Waals surface area contributed by atoms with E-state index in [0.29, 0.717) is 17.9 Å². The number of phenols is 1. The lowest BCUT2D eigenvalue weighted by Crippen LogP contribution is -2.38. The first-order valence-electron chi connectivity index (χ1n) is 8.70. The maximum Gasteiger partial charge on any atom is 0.338 e. The lowest BCUT2D eigenvalue weighted by atomic mass is 10.0. The highest BCUT2D eigenvalue weighted by Crippen LogP contribution is 2.32. The number of rotatable bonds is 3. The van der Waals surface area contributed by atoms with Gasteiger partial charge in [-0.25, -0.2) is 4.79 Å². The van der Waals surface area contributed by atoms with Crippen LogP contribution in [-0.4, -0.2) is 35.7 Å². The van der Waals surface area contributed by atoms with Crippen molar-refractivity contribution in [1.29, 1.82) is 0 Å². The highest BCUT2D eigenvalue weighted by molar-refractivity contribution is 5.91. The summed E-state index contributed by atoms with van der Waals surface area (Å²) in [6.45, 7) is 5.48. The molecule has 27 heavy (non-hydrogen) atoms. The van der Waals surface area contributed by atoms with Crippen molar-refractivity contribution in [3.63, 3.8) is 0 Å². The third kappa shape index (κ3) is 3.76. The number of esters is 1. The zero-order valence-electron chi connectivity index (χ0n) is 16.0. The van der Waals surface area contributed by atoms with E-state index in [0.717, 1.165) is 23.2 Å². The molecule has 140 valence electrons. The van der Waals surface area contributed by atoms with Gasteiger partial charge in [0.15, 0.2) is 11.5 Å². The number of phenolic OH excluding ortho intramolecular Hbond substituents is 1. The first kappa shape index (κ1) is 18.8. The van der Waals surface area contributed by atoms with Gasteiger partial charge in [0.2, 0.25) is 0 Å². The van der Waals surface area contributed by atoms with E-state index >= 15 is 0 Å². The molecule has 1 heterocycles. The van der Waals surface area contributed by atoms with E-state index in [-0.39, 0.29) is 11.7 Å². The molecular formula is C22H23NO4. The molecular weight excluding hydrogens is 342 g/mol. The standard InChI is InChI=1S/C22H23NO4/c1-22(2,11-10-15-8-9-19(24)20(12-15)26-3)23-13-16-6-5-7-17(18(16)14-23)21(25)27-4/h5-9,12,24H,13-14H2,1-4H3. The number of fused-ring (bicyclic) bond motifs is 1. The number of carbonyl (C=O) groups is 1. The smallest absolute Gasteiger partial charge is 0.338 e. The average Bonchev–Trinajstić information content (AvgIpc) is 3.12.